The summed E-state index contributed by atoms with van der Waals surface area (Å²) < 4.78 is 13.3. The molecule has 1 heterocycles. The summed E-state index contributed by atoms with van der Waals surface area (Å²) in [6.45, 7) is 0. The first-order valence-corrected chi connectivity index (χ1v) is 9.46. The SMILES string of the molecule is C#CC(Nc1ccc(F)c(Cl)c1)ON(C(=O)CBr)c1ncnc2ccccc12. The van der Waals surface area contributed by atoms with E-state index in [1.165, 1.54) is 24.5 Å². The zero-order valence-corrected chi connectivity index (χ0v) is 16.6. The van der Waals surface area contributed by atoms with Gasteiger partial charge in [0.25, 0.3) is 5.91 Å². The lowest BCUT2D eigenvalue weighted by Gasteiger charge is -2.25. The number of benzene rings is 2. The molecule has 28 heavy (non-hydrogen) atoms. The van der Waals surface area contributed by atoms with E-state index in [-0.39, 0.29) is 16.2 Å². The summed E-state index contributed by atoms with van der Waals surface area (Å²) in [5.41, 5.74) is 1.06. The van der Waals surface area contributed by atoms with Gasteiger partial charge in [-0.3, -0.25) is 4.79 Å². The number of anilines is 2. The van der Waals surface area contributed by atoms with Crippen LogP contribution >= 0.6 is 27.5 Å². The molecular formula is C19H13BrClFN4O2. The van der Waals surface area contributed by atoms with E-state index in [0.29, 0.717) is 16.6 Å². The van der Waals surface area contributed by atoms with Gasteiger partial charge in [-0.05, 0) is 30.3 Å². The van der Waals surface area contributed by atoms with Crippen LogP contribution in [0.1, 0.15) is 0 Å². The molecule has 0 saturated heterocycles. The van der Waals surface area contributed by atoms with Crippen LogP contribution in [0.25, 0.3) is 10.9 Å². The van der Waals surface area contributed by atoms with Crippen LogP contribution in [0.2, 0.25) is 5.02 Å². The maximum atomic E-state index is 13.3. The number of terminal acetylenes is 1. The fourth-order valence-corrected chi connectivity index (χ4v) is 2.78. The summed E-state index contributed by atoms with van der Waals surface area (Å²) in [5.74, 6) is 1.64. The second kappa shape index (κ2) is 8.97. The highest BCUT2D eigenvalue weighted by Crippen LogP contribution is 2.25. The average molecular weight is 464 g/mol. The van der Waals surface area contributed by atoms with E-state index >= 15 is 0 Å². The van der Waals surface area contributed by atoms with Crippen molar-refractivity contribution >= 4 is 55.8 Å². The average Bonchev–Trinajstić information content (AvgIpc) is 2.72. The minimum Gasteiger partial charge on any atom is -0.348 e. The lowest BCUT2D eigenvalue weighted by atomic mass is 10.2. The molecular weight excluding hydrogens is 451 g/mol. The normalized spacial score (nSPS) is 11.6. The summed E-state index contributed by atoms with van der Waals surface area (Å²) in [6.07, 6.45) is 5.81. The largest absolute Gasteiger partial charge is 0.348 e. The Morgan fingerprint density at radius 3 is 2.86 bits per heavy atom. The summed E-state index contributed by atoms with van der Waals surface area (Å²) in [4.78, 5) is 26.5. The molecule has 3 rings (SSSR count). The lowest BCUT2D eigenvalue weighted by molar-refractivity contribution is -0.124. The molecule has 1 aromatic heterocycles. The first kappa shape index (κ1) is 20.0. The lowest BCUT2D eigenvalue weighted by Crippen LogP contribution is -2.39. The minimum absolute atomic E-state index is 0.0228. The highest BCUT2D eigenvalue weighted by molar-refractivity contribution is 9.09. The van der Waals surface area contributed by atoms with Crippen LogP contribution in [-0.2, 0) is 9.63 Å². The van der Waals surface area contributed by atoms with Crippen molar-refractivity contribution in [3.8, 4) is 12.3 Å². The summed E-state index contributed by atoms with van der Waals surface area (Å²) >= 11 is 8.91. The van der Waals surface area contributed by atoms with Crippen molar-refractivity contribution in [1.82, 2.24) is 9.97 Å². The Kier molecular flexibility index (Phi) is 6.41. The summed E-state index contributed by atoms with van der Waals surface area (Å²) in [7, 11) is 0. The Labute approximate surface area is 173 Å². The van der Waals surface area contributed by atoms with Crippen LogP contribution in [-0.4, -0.2) is 27.4 Å². The Bertz CT molecular complexity index is 1050. The quantitative estimate of drug-likeness (QED) is 0.257. The molecule has 6 nitrogen and oxygen atoms in total. The number of nitrogens with one attached hydrogen (secondary N) is 1. The predicted molar refractivity (Wildman–Crippen MR) is 110 cm³/mol. The molecule has 2 aromatic carbocycles. The van der Waals surface area contributed by atoms with E-state index in [1.54, 1.807) is 18.2 Å². The maximum absolute atomic E-state index is 13.3. The van der Waals surface area contributed by atoms with Gasteiger partial charge in [0.1, 0.15) is 12.1 Å². The molecule has 0 fully saturated rings. The third-order valence-electron chi connectivity index (χ3n) is 3.63. The number of hydrogen-bond acceptors (Lipinski definition) is 5. The summed E-state index contributed by atoms with van der Waals surface area (Å²) in [5, 5.41) is 4.38. The van der Waals surface area contributed by atoms with Crippen LogP contribution in [0.4, 0.5) is 15.9 Å². The fourth-order valence-electron chi connectivity index (χ4n) is 2.37. The van der Waals surface area contributed by atoms with Crippen LogP contribution < -0.4 is 10.4 Å². The van der Waals surface area contributed by atoms with Gasteiger partial charge in [-0.2, -0.15) is 5.06 Å². The minimum atomic E-state index is -1.06. The first-order valence-electron chi connectivity index (χ1n) is 7.96. The van der Waals surface area contributed by atoms with E-state index in [1.807, 2.05) is 6.07 Å². The van der Waals surface area contributed by atoms with Gasteiger partial charge in [0.15, 0.2) is 5.82 Å². The number of fused-ring (bicyclic) bond motifs is 1. The topological polar surface area (TPSA) is 67.3 Å². The van der Waals surface area contributed by atoms with E-state index in [4.69, 9.17) is 22.9 Å². The van der Waals surface area contributed by atoms with Crippen molar-refractivity contribution in [2.75, 3.05) is 15.7 Å². The number of amides is 1. The number of aromatic nitrogens is 2. The van der Waals surface area contributed by atoms with Crippen molar-refractivity contribution in [2.24, 2.45) is 0 Å². The van der Waals surface area contributed by atoms with E-state index in [0.717, 1.165) is 5.06 Å². The molecule has 1 N–H and O–H groups in total. The van der Waals surface area contributed by atoms with Crippen molar-refractivity contribution < 1.29 is 14.0 Å². The Hall–Kier alpha value is -2.73. The molecule has 0 saturated carbocycles. The van der Waals surface area contributed by atoms with Gasteiger partial charge in [0.2, 0.25) is 6.23 Å². The molecule has 0 aliphatic heterocycles. The number of rotatable bonds is 6. The van der Waals surface area contributed by atoms with E-state index < -0.39 is 18.0 Å². The molecule has 9 heteroatoms. The van der Waals surface area contributed by atoms with Gasteiger partial charge in [0, 0.05) is 11.1 Å². The fraction of sp³-hybridized carbons (Fsp3) is 0.105. The van der Waals surface area contributed by atoms with Gasteiger partial charge in [-0.15, -0.1) is 6.42 Å². The van der Waals surface area contributed by atoms with Crippen LogP contribution in [0.15, 0.2) is 48.8 Å². The smallest absolute Gasteiger partial charge is 0.263 e. The first-order chi connectivity index (χ1) is 13.5. The van der Waals surface area contributed by atoms with Gasteiger partial charge in [0.05, 0.1) is 15.9 Å². The van der Waals surface area contributed by atoms with Crippen LogP contribution in [0, 0.1) is 18.2 Å². The second-order valence-corrected chi connectivity index (χ2v) is 6.43. The Balaban J connectivity index is 1.92. The number of hydrogen-bond donors (Lipinski definition) is 1. The number of halogens is 3. The zero-order chi connectivity index (χ0) is 20.1. The van der Waals surface area contributed by atoms with Crippen molar-refractivity contribution in [1.29, 1.82) is 0 Å². The molecule has 1 amide bonds. The molecule has 0 aliphatic rings. The number of carbonyl (C=O) groups is 1. The highest BCUT2D eigenvalue weighted by Gasteiger charge is 2.23. The van der Waals surface area contributed by atoms with Gasteiger partial charge >= 0.3 is 0 Å². The van der Waals surface area contributed by atoms with Crippen molar-refractivity contribution in [3.63, 3.8) is 0 Å². The third kappa shape index (κ3) is 4.39. The van der Waals surface area contributed by atoms with Crippen LogP contribution in [0.3, 0.4) is 0 Å². The monoisotopic (exact) mass is 462 g/mol. The van der Waals surface area contributed by atoms with E-state index in [9.17, 15) is 9.18 Å². The zero-order valence-electron chi connectivity index (χ0n) is 14.3. The molecule has 0 spiro atoms. The summed E-state index contributed by atoms with van der Waals surface area (Å²) in [6, 6.07) is 11.2. The Morgan fingerprint density at radius 2 is 2.14 bits per heavy atom. The van der Waals surface area contributed by atoms with Gasteiger partial charge in [-0.25, -0.2) is 19.2 Å². The standard InChI is InChI=1S/C19H13BrClFN4O2/c1-2-17(25-12-7-8-15(22)14(21)9-12)28-26(18(27)10-20)19-13-5-3-4-6-16(13)23-11-24-19/h1,3-9,11,17,25H,10H2. The van der Waals surface area contributed by atoms with Gasteiger partial charge < -0.3 is 5.32 Å². The van der Waals surface area contributed by atoms with Crippen molar-refractivity contribution in [3.05, 3.63) is 59.6 Å². The molecule has 1 atom stereocenters. The highest BCUT2D eigenvalue weighted by atomic mass is 79.9. The van der Waals surface area contributed by atoms with Crippen LogP contribution in [0.5, 0.6) is 0 Å². The number of nitrogens with zero attached hydrogens (tertiary/aromatic N) is 3. The van der Waals surface area contributed by atoms with Gasteiger partial charge in [-0.1, -0.05) is 45.6 Å². The number of alkyl halides is 1. The van der Waals surface area contributed by atoms with Crippen molar-refractivity contribution in [2.45, 2.75) is 6.23 Å². The molecule has 0 bridgehead atoms. The molecule has 0 aliphatic carbocycles. The predicted octanol–water partition coefficient (Wildman–Crippen LogP) is 4.15. The maximum Gasteiger partial charge on any atom is 0.263 e. The molecule has 3 aromatic rings. The molecule has 142 valence electrons. The number of hydroxylamine groups is 1. The second-order valence-electron chi connectivity index (χ2n) is 5.46. The van der Waals surface area contributed by atoms with E-state index in [2.05, 4.69) is 37.1 Å². The number of carbonyl (C=O) groups excluding carboxylic acids is 1. The molecule has 1 unspecified atom stereocenters. The third-order valence-corrected chi connectivity index (χ3v) is 4.40. The Morgan fingerprint density at radius 1 is 1.36 bits per heavy atom. The number of para-hydroxylation sites is 1. The molecule has 0 radical (unpaired) electrons.